The van der Waals surface area contributed by atoms with E-state index in [0.717, 1.165) is 36.5 Å². The number of rotatable bonds is 37. The van der Waals surface area contributed by atoms with Gasteiger partial charge >= 0.3 is 0 Å². The minimum absolute atomic E-state index is 0.00834. The predicted molar refractivity (Wildman–Crippen MR) is 227 cm³/mol. The summed E-state index contributed by atoms with van der Waals surface area (Å²) in [6.07, 6.45) is 44.5. The van der Waals surface area contributed by atoms with Gasteiger partial charge in [-0.3, -0.25) is 4.79 Å². The van der Waals surface area contributed by atoms with Crippen LogP contribution in [0.15, 0.2) is 54.6 Å². The van der Waals surface area contributed by atoms with Crippen molar-refractivity contribution in [3.63, 3.8) is 0 Å². The lowest BCUT2D eigenvalue weighted by atomic mass is 10.0. The minimum Gasteiger partial charge on any atom is -0.494 e. The molecule has 294 valence electrons. The van der Waals surface area contributed by atoms with E-state index in [2.05, 4.69) is 13.8 Å². The summed E-state index contributed by atoms with van der Waals surface area (Å²) >= 11 is 0. The summed E-state index contributed by atoms with van der Waals surface area (Å²) in [7, 11) is 0. The van der Waals surface area contributed by atoms with Gasteiger partial charge in [-0.05, 0) is 48.7 Å². The first-order chi connectivity index (χ1) is 25.7. The summed E-state index contributed by atoms with van der Waals surface area (Å²) in [6, 6.07) is 15.6. The number of unbranched alkanes of at least 4 members (excludes halogenated alkanes) is 28. The van der Waals surface area contributed by atoms with Crippen molar-refractivity contribution in [2.24, 2.45) is 0 Å². The summed E-state index contributed by atoms with van der Waals surface area (Å²) in [5, 5.41) is 0. The van der Waals surface area contributed by atoms with E-state index in [-0.39, 0.29) is 5.78 Å². The van der Waals surface area contributed by atoms with Gasteiger partial charge in [-0.1, -0.05) is 224 Å². The van der Waals surface area contributed by atoms with Crippen LogP contribution in [-0.2, 0) is 0 Å². The number of ether oxygens (including phenoxy) is 2. The van der Waals surface area contributed by atoms with Crippen molar-refractivity contribution in [2.75, 3.05) is 13.2 Å². The zero-order chi connectivity index (χ0) is 37.0. The molecule has 0 saturated heterocycles. The Hall–Kier alpha value is -2.55. The molecule has 3 nitrogen and oxygen atoms in total. The van der Waals surface area contributed by atoms with Crippen molar-refractivity contribution < 1.29 is 14.3 Å². The molecule has 0 aromatic heterocycles. The van der Waals surface area contributed by atoms with Gasteiger partial charge in [0.05, 0.1) is 13.2 Å². The van der Waals surface area contributed by atoms with Crippen molar-refractivity contribution in [3.05, 3.63) is 65.7 Å². The Morgan fingerprint density at radius 1 is 0.442 bits per heavy atom. The third-order valence-corrected chi connectivity index (χ3v) is 10.5. The molecule has 2 rings (SSSR count). The van der Waals surface area contributed by atoms with E-state index >= 15 is 0 Å². The fourth-order valence-electron chi connectivity index (χ4n) is 7.01. The van der Waals surface area contributed by atoms with Crippen molar-refractivity contribution in [1.82, 2.24) is 0 Å². The van der Waals surface area contributed by atoms with Gasteiger partial charge in [-0.25, -0.2) is 0 Å². The number of benzene rings is 2. The van der Waals surface area contributed by atoms with Crippen molar-refractivity contribution in [2.45, 2.75) is 206 Å². The second-order valence-electron chi connectivity index (χ2n) is 15.4. The first-order valence-corrected chi connectivity index (χ1v) is 22.4. The molecule has 0 bridgehead atoms. The van der Waals surface area contributed by atoms with Gasteiger partial charge in [-0.15, -0.1) is 0 Å². The summed E-state index contributed by atoms with van der Waals surface area (Å²) in [5.41, 5.74) is 1.65. The van der Waals surface area contributed by atoms with Crippen molar-refractivity contribution in [3.8, 4) is 11.5 Å². The van der Waals surface area contributed by atoms with E-state index < -0.39 is 0 Å². The molecule has 0 N–H and O–H groups in total. The first kappa shape index (κ1) is 45.6. The maximum absolute atomic E-state index is 12.9. The lowest BCUT2D eigenvalue weighted by molar-refractivity contribution is 0.104. The van der Waals surface area contributed by atoms with Crippen LogP contribution in [0.1, 0.15) is 222 Å². The van der Waals surface area contributed by atoms with Crippen LogP contribution in [0.5, 0.6) is 11.5 Å². The lowest BCUT2D eigenvalue weighted by Crippen LogP contribution is -2.00. The molecule has 52 heavy (non-hydrogen) atoms. The Labute approximate surface area is 322 Å². The smallest absolute Gasteiger partial charge is 0.185 e. The molecule has 0 heterocycles. The average Bonchev–Trinajstić information content (AvgIpc) is 3.17. The molecule has 0 amide bonds. The normalized spacial score (nSPS) is 11.4. The Morgan fingerprint density at radius 3 is 1.21 bits per heavy atom. The monoisotopic (exact) mass is 717 g/mol. The quantitative estimate of drug-likeness (QED) is 0.0397. The number of carbonyl (C=O) groups is 1. The predicted octanol–water partition coefficient (Wildman–Crippen LogP) is 16.1. The summed E-state index contributed by atoms with van der Waals surface area (Å²) in [4.78, 5) is 12.9. The van der Waals surface area contributed by atoms with Gasteiger partial charge in [0.2, 0.25) is 0 Å². The summed E-state index contributed by atoms with van der Waals surface area (Å²) < 4.78 is 12.0. The van der Waals surface area contributed by atoms with E-state index in [9.17, 15) is 4.79 Å². The van der Waals surface area contributed by atoms with Crippen LogP contribution in [0.3, 0.4) is 0 Å². The molecular formula is C49H80O3. The van der Waals surface area contributed by atoms with Crippen molar-refractivity contribution in [1.29, 1.82) is 0 Å². The standard InChI is InChI=1S/C49H80O3/c1-3-5-7-9-11-13-15-17-19-20-22-24-26-28-30-32-43-52-48-35-33-34-46(44-48)49(50)41-38-45-36-39-47(40-37-45)51-42-31-29-27-25-23-21-18-16-14-12-10-8-6-4-2/h33-41,44H,3-32,42-43H2,1-2H3/b41-38+. The van der Waals surface area contributed by atoms with Crippen LogP contribution in [0.4, 0.5) is 0 Å². The maximum atomic E-state index is 12.9. The molecule has 0 fully saturated rings. The van der Waals surface area contributed by atoms with Gasteiger partial charge in [0, 0.05) is 5.56 Å². The Morgan fingerprint density at radius 2 is 0.808 bits per heavy atom. The second kappa shape index (κ2) is 34.2. The van der Waals surface area contributed by atoms with Gasteiger partial charge in [-0.2, -0.15) is 0 Å². The molecular weight excluding hydrogens is 637 g/mol. The van der Waals surface area contributed by atoms with Gasteiger partial charge in [0.25, 0.3) is 0 Å². The summed E-state index contributed by atoms with van der Waals surface area (Å²) in [6.45, 7) is 6.05. The number of hydrogen-bond acceptors (Lipinski definition) is 3. The molecule has 0 radical (unpaired) electrons. The third-order valence-electron chi connectivity index (χ3n) is 10.5. The van der Waals surface area contributed by atoms with Crippen LogP contribution < -0.4 is 9.47 Å². The SMILES string of the molecule is CCCCCCCCCCCCCCCCCCOc1cccc(C(=O)/C=C/c2ccc(OCCCCCCCCCCCCCCCC)cc2)c1. The topological polar surface area (TPSA) is 35.5 Å². The number of ketones is 1. The highest BCUT2D eigenvalue weighted by atomic mass is 16.5. The van der Waals surface area contributed by atoms with Gasteiger partial charge < -0.3 is 9.47 Å². The molecule has 2 aromatic rings. The lowest BCUT2D eigenvalue weighted by Gasteiger charge is -2.07. The number of carbonyl (C=O) groups excluding carboxylic acids is 1. The van der Waals surface area contributed by atoms with E-state index in [1.54, 1.807) is 6.08 Å². The van der Waals surface area contributed by atoms with Gasteiger partial charge in [0.15, 0.2) is 5.78 Å². The van der Waals surface area contributed by atoms with Crippen LogP contribution >= 0.6 is 0 Å². The van der Waals surface area contributed by atoms with Crippen LogP contribution in [-0.4, -0.2) is 19.0 Å². The molecule has 0 aliphatic carbocycles. The molecule has 3 heteroatoms. The average molecular weight is 717 g/mol. The second-order valence-corrected chi connectivity index (χ2v) is 15.4. The van der Waals surface area contributed by atoms with Crippen LogP contribution in [0.2, 0.25) is 0 Å². The highest BCUT2D eigenvalue weighted by molar-refractivity contribution is 6.07. The Balaban J connectivity index is 1.46. The Kier molecular flexibility index (Phi) is 30.0. The zero-order valence-corrected chi connectivity index (χ0v) is 34.1. The van der Waals surface area contributed by atoms with E-state index in [0.29, 0.717) is 12.2 Å². The fourth-order valence-corrected chi connectivity index (χ4v) is 7.01. The van der Waals surface area contributed by atoms with E-state index in [4.69, 9.17) is 9.47 Å². The maximum Gasteiger partial charge on any atom is 0.185 e. The van der Waals surface area contributed by atoms with Crippen LogP contribution in [0, 0.1) is 0 Å². The molecule has 2 aromatic carbocycles. The zero-order valence-electron chi connectivity index (χ0n) is 34.1. The molecule has 0 saturated carbocycles. The minimum atomic E-state index is -0.00834. The molecule has 0 unspecified atom stereocenters. The fraction of sp³-hybridized carbons (Fsp3) is 0.694. The largest absolute Gasteiger partial charge is 0.494 e. The first-order valence-electron chi connectivity index (χ1n) is 22.4. The molecule has 0 spiro atoms. The highest BCUT2D eigenvalue weighted by Gasteiger charge is 2.05. The van der Waals surface area contributed by atoms with E-state index in [1.807, 2.05) is 54.6 Å². The third kappa shape index (κ3) is 26.3. The molecule has 0 atom stereocenters. The van der Waals surface area contributed by atoms with Crippen molar-refractivity contribution >= 4 is 11.9 Å². The molecule has 0 aliphatic rings. The van der Waals surface area contributed by atoms with Gasteiger partial charge in [0.1, 0.15) is 11.5 Å². The van der Waals surface area contributed by atoms with E-state index in [1.165, 1.54) is 180 Å². The number of hydrogen-bond donors (Lipinski definition) is 0. The Bertz CT molecular complexity index is 1100. The van der Waals surface area contributed by atoms with Crippen LogP contribution in [0.25, 0.3) is 6.08 Å². The highest BCUT2D eigenvalue weighted by Crippen LogP contribution is 2.19. The summed E-state index contributed by atoms with van der Waals surface area (Å²) in [5.74, 6) is 1.67. The molecule has 0 aliphatic heterocycles. The number of allylic oxidation sites excluding steroid dienone is 1.